The van der Waals surface area contributed by atoms with Crippen LogP contribution < -0.4 is 5.32 Å². The van der Waals surface area contributed by atoms with E-state index in [9.17, 15) is 0 Å². The minimum Gasteiger partial charge on any atom is -0.313 e. The highest BCUT2D eigenvalue weighted by molar-refractivity contribution is 5.28. The van der Waals surface area contributed by atoms with E-state index in [1.807, 2.05) is 0 Å². The summed E-state index contributed by atoms with van der Waals surface area (Å²) in [5.74, 6) is 0.726. The van der Waals surface area contributed by atoms with Gasteiger partial charge in [0.05, 0.1) is 0 Å². The molecule has 0 bridgehead atoms. The van der Waals surface area contributed by atoms with Crippen LogP contribution in [0.2, 0.25) is 0 Å². The zero-order valence-corrected chi connectivity index (χ0v) is 14.3. The predicted octanol–water partition coefficient (Wildman–Crippen LogP) is 4.94. The average molecular weight is 275 g/mol. The normalized spacial score (nSPS) is 15.1. The van der Waals surface area contributed by atoms with E-state index in [4.69, 9.17) is 0 Å². The SMILES string of the molecule is CCCNC(Cc1ccc(C(C)(C)C)cc1)C(C)CC. The summed E-state index contributed by atoms with van der Waals surface area (Å²) in [6.45, 7) is 14.8. The summed E-state index contributed by atoms with van der Waals surface area (Å²) in [5.41, 5.74) is 3.12. The second kappa shape index (κ2) is 7.83. The summed E-state index contributed by atoms with van der Waals surface area (Å²) in [5, 5.41) is 3.71. The van der Waals surface area contributed by atoms with E-state index in [0.29, 0.717) is 6.04 Å². The van der Waals surface area contributed by atoms with Crippen molar-refractivity contribution in [2.45, 2.75) is 72.3 Å². The Bertz CT molecular complexity index is 372. The lowest BCUT2D eigenvalue weighted by Crippen LogP contribution is -2.37. The zero-order chi connectivity index (χ0) is 15.2. The molecular weight excluding hydrogens is 242 g/mol. The molecule has 2 unspecified atom stereocenters. The van der Waals surface area contributed by atoms with Gasteiger partial charge in [-0.25, -0.2) is 0 Å². The van der Waals surface area contributed by atoms with Gasteiger partial charge in [0.25, 0.3) is 0 Å². The van der Waals surface area contributed by atoms with Crippen LogP contribution in [0.3, 0.4) is 0 Å². The summed E-state index contributed by atoms with van der Waals surface area (Å²) >= 11 is 0. The molecule has 0 heterocycles. The zero-order valence-electron chi connectivity index (χ0n) is 14.3. The molecule has 0 fully saturated rings. The molecule has 2 atom stereocenters. The van der Waals surface area contributed by atoms with E-state index < -0.39 is 0 Å². The fourth-order valence-electron chi connectivity index (χ4n) is 2.48. The topological polar surface area (TPSA) is 12.0 Å². The van der Waals surface area contributed by atoms with Gasteiger partial charge in [0.1, 0.15) is 0 Å². The first kappa shape index (κ1) is 17.2. The predicted molar refractivity (Wildman–Crippen MR) is 90.4 cm³/mol. The van der Waals surface area contributed by atoms with Crippen LogP contribution in [0.1, 0.15) is 65.5 Å². The molecule has 0 aliphatic rings. The number of rotatable bonds is 7. The third-order valence-electron chi connectivity index (χ3n) is 4.26. The summed E-state index contributed by atoms with van der Waals surface area (Å²) in [7, 11) is 0. The number of hydrogen-bond acceptors (Lipinski definition) is 1. The fraction of sp³-hybridized carbons (Fsp3) is 0.684. The van der Waals surface area contributed by atoms with Crippen molar-refractivity contribution >= 4 is 0 Å². The molecular formula is C19H33N. The minimum absolute atomic E-state index is 0.245. The Morgan fingerprint density at radius 3 is 2.10 bits per heavy atom. The van der Waals surface area contributed by atoms with Crippen LogP contribution in [0.4, 0.5) is 0 Å². The van der Waals surface area contributed by atoms with Gasteiger partial charge in [0, 0.05) is 6.04 Å². The first-order valence-electron chi connectivity index (χ1n) is 8.21. The van der Waals surface area contributed by atoms with Gasteiger partial charge in [-0.3, -0.25) is 0 Å². The highest BCUT2D eigenvalue weighted by Gasteiger charge is 2.17. The summed E-state index contributed by atoms with van der Waals surface area (Å²) in [6.07, 6.45) is 3.58. The van der Waals surface area contributed by atoms with Gasteiger partial charge in [-0.05, 0) is 41.8 Å². The van der Waals surface area contributed by atoms with E-state index in [0.717, 1.165) is 18.9 Å². The molecule has 0 saturated carbocycles. The Labute approximate surface area is 126 Å². The lowest BCUT2D eigenvalue weighted by atomic mass is 9.85. The van der Waals surface area contributed by atoms with Crippen LogP contribution >= 0.6 is 0 Å². The van der Waals surface area contributed by atoms with Gasteiger partial charge in [-0.2, -0.15) is 0 Å². The lowest BCUT2D eigenvalue weighted by molar-refractivity contribution is 0.365. The van der Waals surface area contributed by atoms with E-state index in [2.05, 4.69) is 71.1 Å². The first-order valence-corrected chi connectivity index (χ1v) is 8.21. The quantitative estimate of drug-likeness (QED) is 0.743. The van der Waals surface area contributed by atoms with Crippen LogP contribution in [0, 0.1) is 5.92 Å². The van der Waals surface area contributed by atoms with E-state index in [-0.39, 0.29) is 5.41 Å². The molecule has 1 N–H and O–H groups in total. The molecule has 0 spiro atoms. The molecule has 0 saturated heterocycles. The van der Waals surface area contributed by atoms with Crippen molar-refractivity contribution < 1.29 is 0 Å². The maximum Gasteiger partial charge on any atom is 0.0133 e. The Kier molecular flexibility index (Phi) is 6.75. The molecule has 1 nitrogen and oxygen atoms in total. The Morgan fingerprint density at radius 2 is 1.65 bits per heavy atom. The molecule has 0 aromatic heterocycles. The lowest BCUT2D eigenvalue weighted by Gasteiger charge is -2.25. The Morgan fingerprint density at radius 1 is 1.05 bits per heavy atom. The highest BCUT2D eigenvalue weighted by Crippen LogP contribution is 2.23. The summed E-state index contributed by atoms with van der Waals surface area (Å²) in [4.78, 5) is 0. The largest absolute Gasteiger partial charge is 0.313 e. The van der Waals surface area contributed by atoms with Crippen molar-refractivity contribution in [2.24, 2.45) is 5.92 Å². The number of nitrogens with one attached hydrogen (secondary N) is 1. The highest BCUT2D eigenvalue weighted by atomic mass is 14.9. The molecule has 0 aliphatic heterocycles. The van der Waals surface area contributed by atoms with Gasteiger partial charge in [0.2, 0.25) is 0 Å². The smallest absolute Gasteiger partial charge is 0.0133 e. The third-order valence-corrected chi connectivity index (χ3v) is 4.26. The van der Waals surface area contributed by atoms with Crippen molar-refractivity contribution in [1.29, 1.82) is 0 Å². The van der Waals surface area contributed by atoms with Gasteiger partial charge in [0.15, 0.2) is 0 Å². The minimum atomic E-state index is 0.245. The maximum atomic E-state index is 3.71. The molecule has 0 aliphatic carbocycles. The average Bonchev–Trinajstić information content (AvgIpc) is 2.42. The van der Waals surface area contributed by atoms with Crippen LogP contribution in [0.5, 0.6) is 0 Å². The number of benzene rings is 1. The maximum absolute atomic E-state index is 3.71. The Balaban J connectivity index is 2.73. The fourth-order valence-corrected chi connectivity index (χ4v) is 2.48. The van der Waals surface area contributed by atoms with Crippen LogP contribution in [0.15, 0.2) is 24.3 Å². The molecule has 1 aromatic carbocycles. The van der Waals surface area contributed by atoms with Crippen molar-refractivity contribution in [1.82, 2.24) is 5.32 Å². The van der Waals surface area contributed by atoms with Crippen molar-refractivity contribution in [3.05, 3.63) is 35.4 Å². The summed E-state index contributed by atoms with van der Waals surface area (Å²) in [6, 6.07) is 9.80. The first-order chi connectivity index (χ1) is 9.38. The van der Waals surface area contributed by atoms with Gasteiger partial charge in [-0.1, -0.05) is 72.2 Å². The molecule has 1 aromatic rings. The standard InChI is InChI=1S/C19H33N/c1-7-13-20-18(15(3)8-2)14-16-9-11-17(12-10-16)19(4,5)6/h9-12,15,18,20H,7-8,13-14H2,1-6H3. The monoisotopic (exact) mass is 275 g/mol. The van der Waals surface area contributed by atoms with Crippen LogP contribution in [-0.4, -0.2) is 12.6 Å². The number of hydrogen-bond donors (Lipinski definition) is 1. The molecule has 114 valence electrons. The van der Waals surface area contributed by atoms with Crippen molar-refractivity contribution in [3.8, 4) is 0 Å². The molecule has 0 radical (unpaired) electrons. The van der Waals surface area contributed by atoms with Crippen LogP contribution in [-0.2, 0) is 11.8 Å². The molecule has 0 amide bonds. The van der Waals surface area contributed by atoms with Crippen molar-refractivity contribution in [2.75, 3.05) is 6.54 Å². The van der Waals surface area contributed by atoms with Gasteiger partial charge >= 0.3 is 0 Å². The van der Waals surface area contributed by atoms with E-state index in [1.54, 1.807) is 0 Å². The molecule has 1 rings (SSSR count). The third kappa shape index (κ3) is 5.28. The molecule has 1 heteroatoms. The second-order valence-electron chi connectivity index (χ2n) is 7.10. The van der Waals surface area contributed by atoms with Gasteiger partial charge < -0.3 is 5.32 Å². The summed E-state index contributed by atoms with van der Waals surface area (Å²) < 4.78 is 0. The van der Waals surface area contributed by atoms with Gasteiger partial charge in [-0.15, -0.1) is 0 Å². The molecule has 20 heavy (non-hydrogen) atoms. The second-order valence-corrected chi connectivity index (χ2v) is 7.10. The Hall–Kier alpha value is -0.820. The van der Waals surface area contributed by atoms with E-state index in [1.165, 1.54) is 24.0 Å². The van der Waals surface area contributed by atoms with Crippen molar-refractivity contribution in [3.63, 3.8) is 0 Å². The van der Waals surface area contributed by atoms with E-state index >= 15 is 0 Å². The van der Waals surface area contributed by atoms with Crippen LogP contribution in [0.25, 0.3) is 0 Å².